The van der Waals surface area contributed by atoms with Crippen molar-refractivity contribution in [3.8, 4) is 17.1 Å². The first kappa shape index (κ1) is 21.8. The number of hydrogen-bond acceptors (Lipinski definition) is 6. The smallest absolute Gasteiger partial charge is 0.222 e. The number of anilines is 1. The summed E-state index contributed by atoms with van der Waals surface area (Å²) in [5.41, 5.74) is 5.91. The van der Waals surface area contributed by atoms with E-state index >= 15 is 0 Å². The predicted octanol–water partition coefficient (Wildman–Crippen LogP) is 3.05. The van der Waals surface area contributed by atoms with Crippen molar-refractivity contribution >= 4 is 22.8 Å². The number of aromatic nitrogens is 5. The number of pyridine rings is 1. The molecule has 9 nitrogen and oxygen atoms in total. The van der Waals surface area contributed by atoms with Gasteiger partial charge in [-0.05, 0) is 25.5 Å². The van der Waals surface area contributed by atoms with Crippen molar-refractivity contribution in [2.75, 3.05) is 44.3 Å². The van der Waals surface area contributed by atoms with Gasteiger partial charge in [-0.25, -0.2) is 14.6 Å². The molecule has 180 valence electrons. The molecule has 2 saturated heterocycles. The molecular formula is C26H29N7O2. The fourth-order valence-corrected chi connectivity index (χ4v) is 4.91. The molecule has 0 unspecified atom stereocenters. The van der Waals surface area contributed by atoms with Crippen LogP contribution in [0.1, 0.15) is 18.4 Å². The number of benzene rings is 1. The lowest BCUT2D eigenvalue weighted by Gasteiger charge is -2.29. The molecule has 2 fully saturated rings. The zero-order valence-electron chi connectivity index (χ0n) is 19.9. The van der Waals surface area contributed by atoms with Crippen LogP contribution < -0.4 is 4.90 Å². The summed E-state index contributed by atoms with van der Waals surface area (Å²) in [6.07, 6.45) is 5.39. The van der Waals surface area contributed by atoms with E-state index in [0.717, 1.165) is 60.0 Å². The highest BCUT2D eigenvalue weighted by molar-refractivity contribution is 5.87. The molecule has 1 aromatic carbocycles. The van der Waals surface area contributed by atoms with Crippen LogP contribution in [-0.4, -0.2) is 74.5 Å². The van der Waals surface area contributed by atoms with Gasteiger partial charge in [-0.15, -0.1) is 0 Å². The van der Waals surface area contributed by atoms with E-state index in [1.807, 2.05) is 34.2 Å². The second kappa shape index (κ2) is 9.14. The van der Waals surface area contributed by atoms with E-state index in [9.17, 15) is 4.79 Å². The van der Waals surface area contributed by atoms with E-state index in [-0.39, 0.29) is 5.91 Å². The van der Waals surface area contributed by atoms with E-state index < -0.39 is 0 Å². The van der Waals surface area contributed by atoms with Crippen molar-refractivity contribution < 1.29 is 9.53 Å². The fourth-order valence-electron chi connectivity index (χ4n) is 4.91. The van der Waals surface area contributed by atoms with E-state index in [4.69, 9.17) is 19.8 Å². The van der Waals surface area contributed by atoms with Crippen molar-refractivity contribution in [3.63, 3.8) is 0 Å². The van der Waals surface area contributed by atoms with Crippen LogP contribution in [0.4, 0.5) is 5.69 Å². The Morgan fingerprint density at radius 2 is 1.94 bits per heavy atom. The third kappa shape index (κ3) is 4.27. The second-order valence-corrected chi connectivity index (χ2v) is 9.21. The minimum atomic E-state index is 0.234. The Labute approximate surface area is 203 Å². The monoisotopic (exact) mass is 471 g/mol. The number of carbonyl (C=O) groups excluding carboxylic acids is 1. The van der Waals surface area contributed by atoms with E-state index in [1.165, 1.54) is 5.56 Å². The van der Waals surface area contributed by atoms with E-state index in [1.54, 1.807) is 0 Å². The van der Waals surface area contributed by atoms with Crippen LogP contribution in [-0.2, 0) is 16.1 Å². The standard InChI is InChI=1S/C26H29N7O2/c1-19-4-2-5-20(16-19)21-7-9-33(29-21)23-17-22(30-12-14-35-15-13-30)25-26(28-23)32(18-27-25)11-10-31-8-3-6-24(31)34/h2,4-5,7,9,16-18H,3,6,8,10-15H2,1H3. The molecule has 0 aliphatic carbocycles. The van der Waals surface area contributed by atoms with Crippen molar-refractivity contribution in [3.05, 3.63) is 54.5 Å². The zero-order valence-corrected chi connectivity index (χ0v) is 19.9. The topological polar surface area (TPSA) is 81.3 Å². The summed E-state index contributed by atoms with van der Waals surface area (Å²) < 4.78 is 9.47. The third-order valence-corrected chi connectivity index (χ3v) is 6.81. The molecule has 0 spiro atoms. The molecule has 1 amide bonds. The molecule has 3 aromatic heterocycles. The van der Waals surface area contributed by atoms with Gasteiger partial charge in [0.15, 0.2) is 11.5 Å². The molecule has 4 aromatic rings. The van der Waals surface area contributed by atoms with Crippen LogP contribution in [0.2, 0.25) is 0 Å². The van der Waals surface area contributed by atoms with Gasteiger partial charge in [-0.1, -0.05) is 23.8 Å². The van der Waals surface area contributed by atoms with Crippen LogP contribution in [0.5, 0.6) is 0 Å². The fraction of sp³-hybridized carbons (Fsp3) is 0.385. The summed E-state index contributed by atoms with van der Waals surface area (Å²) >= 11 is 0. The highest BCUT2D eigenvalue weighted by Gasteiger charge is 2.22. The number of rotatable bonds is 6. The molecular weight excluding hydrogens is 442 g/mol. The number of imidazole rings is 1. The Bertz CT molecular complexity index is 1370. The van der Waals surface area contributed by atoms with E-state index in [2.05, 4.69) is 40.7 Å². The molecule has 0 saturated carbocycles. The van der Waals surface area contributed by atoms with Gasteiger partial charge >= 0.3 is 0 Å². The van der Waals surface area contributed by atoms with Gasteiger partial charge < -0.3 is 19.1 Å². The SMILES string of the molecule is Cc1cccc(-c2ccn(-c3cc(N4CCOCC4)c4ncn(CCN5CCCC5=O)c4n3)n2)c1. The number of carbonyl (C=O) groups is 1. The number of ether oxygens (including phenoxy) is 1. The summed E-state index contributed by atoms with van der Waals surface area (Å²) in [5.74, 6) is 0.981. The van der Waals surface area contributed by atoms with Gasteiger partial charge in [0.2, 0.25) is 5.91 Å². The van der Waals surface area contributed by atoms with Crippen LogP contribution in [0.25, 0.3) is 28.2 Å². The molecule has 5 heterocycles. The molecule has 0 radical (unpaired) electrons. The lowest BCUT2D eigenvalue weighted by Crippen LogP contribution is -2.36. The second-order valence-electron chi connectivity index (χ2n) is 9.21. The first-order chi connectivity index (χ1) is 17.2. The number of morpholine rings is 1. The summed E-state index contributed by atoms with van der Waals surface area (Å²) in [7, 11) is 0. The maximum absolute atomic E-state index is 12.1. The van der Waals surface area contributed by atoms with Crippen LogP contribution in [0.15, 0.2) is 48.9 Å². The first-order valence-corrected chi connectivity index (χ1v) is 12.3. The molecule has 2 aliphatic heterocycles. The number of amides is 1. The zero-order chi connectivity index (χ0) is 23.8. The molecule has 2 aliphatic rings. The highest BCUT2D eigenvalue weighted by atomic mass is 16.5. The Morgan fingerprint density at radius 1 is 1.06 bits per heavy atom. The number of fused-ring (bicyclic) bond motifs is 1. The summed E-state index contributed by atoms with van der Waals surface area (Å²) in [6.45, 7) is 7.24. The lowest BCUT2D eigenvalue weighted by atomic mass is 10.1. The van der Waals surface area contributed by atoms with Gasteiger partial charge in [0.05, 0.1) is 30.9 Å². The average molecular weight is 472 g/mol. The van der Waals surface area contributed by atoms with Crippen LogP contribution >= 0.6 is 0 Å². The molecule has 9 heteroatoms. The van der Waals surface area contributed by atoms with Gasteiger partial charge in [0.25, 0.3) is 0 Å². The molecule has 0 atom stereocenters. The average Bonchev–Trinajstić information content (AvgIpc) is 3.63. The van der Waals surface area contributed by atoms with Gasteiger partial charge in [0, 0.05) is 57.0 Å². The Balaban J connectivity index is 1.38. The van der Waals surface area contributed by atoms with Crippen molar-refractivity contribution in [1.82, 2.24) is 29.2 Å². The normalized spacial score (nSPS) is 16.5. The molecule has 0 bridgehead atoms. The minimum Gasteiger partial charge on any atom is -0.378 e. The Morgan fingerprint density at radius 3 is 2.74 bits per heavy atom. The maximum Gasteiger partial charge on any atom is 0.222 e. The van der Waals surface area contributed by atoms with Gasteiger partial charge in [-0.2, -0.15) is 5.10 Å². The largest absolute Gasteiger partial charge is 0.378 e. The molecule has 0 N–H and O–H groups in total. The Kier molecular flexibility index (Phi) is 5.69. The highest BCUT2D eigenvalue weighted by Crippen LogP contribution is 2.29. The van der Waals surface area contributed by atoms with Crippen LogP contribution in [0, 0.1) is 6.92 Å². The summed E-state index contributed by atoms with van der Waals surface area (Å²) in [5, 5.41) is 4.85. The van der Waals surface area contributed by atoms with Gasteiger partial charge in [0.1, 0.15) is 5.52 Å². The van der Waals surface area contributed by atoms with Crippen molar-refractivity contribution in [2.24, 2.45) is 0 Å². The maximum atomic E-state index is 12.1. The van der Waals surface area contributed by atoms with Crippen LogP contribution in [0.3, 0.4) is 0 Å². The lowest BCUT2D eigenvalue weighted by molar-refractivity contribution is -0.127. The number of likely N-dealkylation sites (tertiary alicyclic amines) is 1. The number of nitrogens with zero attached hydrogens (tertiary/aromatic N) is 7. The molecule has 6 rings (SSSR count). The third-order valence-electron chi connectivity index (χ3n) is 6.81. The Hall–Kier alpha value is -3.72. The quantitative estimate of drug-likeness (QED) is 0.430. The van der Waals surface area contributed by atoms with Crippen molar-refractivity contribution in [2.45, 2.75) is 26.3 Å². The number of hydrogen-bond donors (Lipinski definition) is 0. The molecule has 35 heavy (non-hydrogen) atoms. The first-order valence-electron chi connectivity index (χ1n) is 12.3. The summed E-state index contributed by atoms with van der Waals surface area (Å²) in [6, 6.07) is 12.4. The van der Waals surface area contributed by atoms with E-state index in [0.29, 0.717) is 32.7 Å². The van der Waals surface area contributed by atoms with Gasteiger partial charge in [-0.3, -0.25) is 4.79 Å². The number of aryl methyl sites for hydroxylation is 1. The minimum absolute atomic E-state index is 0.234. The van der Waals surface area contributed by atoms with Crippen molar-refractivity contribution in [1.29, 1.82) is 0 Å². The predicted molar refractivity (Wildman–Crippen MR) is 134 cm³/mol. The summed E-state index contributed by atoms with van der Waals surface area (Å²) in [4.78, 5) is 26.1.